The summed E-state index contributed by atoms with van der Waals surface area (Å²) in [5, 5.41) is 3.41. The highest BCUT2D eigenvalue weighted by Gasteiger charge is 2.26. The number of piperazine rings is 2. The topological polar surface area (TPSA) is 104 Å². The van der Waals surface area contributed by atoms with Gasteiger partial charge in [0.2, 0.25) is 0 Å². The second kappa shape index (κ2) is 20.6. The van der Waals surface area contributed by atoms with Crippen LogP contribution in [0.15, 0.2) is 152 Å². The number of anilines is 2. The molecule has 3 saturated heterocycles. The number of likely N-dealkylation sites (tertiary alicyclic amines) is 1. The monoisotopic (exact) mass is 869 g/mol. The predicted octanol–water partition coefficient (Wildman–Crippen LogP) is 8.35. The summed E-state index contributed by atoms with van der Waals surface area (Å²) >= 11 is 0. The van der Waals surface area contributed by atoms with Crippen molar-refractivity contribution in [1.82, 2.24) is 15.1 Å². The van der Waals surface area contributed by atoms with E-state index in [1.54, 1.807) is 24.3 Å². The molecule has 11 nitrogen and oxygen atoms in total. The standard InChI is InChI=1S/C54H55N5O6/c60-52(45-12-14-46(15-13-45)54(62)64-39-40-4-2-1-3-5-40)58-30-26-51(27-31-58)65-50-22-6-41(7-23-50)38-63-49-24-16-43(17-25-49)42-8-10-44(11-9-42)53(61)59-36-34-57(35-37-59)48-20-18-47(19-21-48)56-32-28-55-29-33-56/h1-25,51,55H,26-39H2. The molecule has 0 radical (unpaired) electrons. The zero-order valence-electron chi connectivity index (χ0n) is 36.6. The van der Waals surface area contributed by atoms with Gasteiger partial charge < -0.3 is 39.1 Å². The summed E-state index contributed by atoms with van der Waals surface area (Å²) < 4.78 is 17.8. The van der Waals surface area contributed by atoms with Crippen molar-refractivity contribution in [2.45, 2.75) is 32.2 Å². The fourth-order valence-corrected chi connectivity index (χ4v) is 8.63. The number of carbonyl (C=O) groups is 3. The van der Waals surface area contributed by atoms with Gasteiger partial charge in [-0.25, -0.2) is 4.79 Å². The van der Waals surface area contributed by atoms with E-state index in [1.807, 2.05) is 113 Å². The number of amides is 2. The zero-order valence-corrected chi connectivity index (χ0v) is 36.6. The van der Waals surface area contributed by atoms with Crippen LogP contribution in [0, 0.1) is 0 Å². The molecule has 65 heavy (non-hydrogen) atoms. The molecule has 332 valence electrons. The van der Waals surface area contributed by atoms with Crippen LogP contribution in [0.25, 0.3) is 11.1 Å². The minimum absolute atomic E-state index is 0.0106. The number of hydrogen-bond acceptors (Lipinski definition) is 9. The van der Waals surface area contributed by atoms with Crippen LogP contribution in [0.2, 0.25) is 0 Å². The van der Waals surface area contributed by atoms with E-state index in [0.29, 0.717) is 49.5 Å². The van der Waals surface area contributed by atoms with E-state index in [4.69, 9.17) is 14.2 Å². The van der Waals surface area contributed by atoms with E-state index in [-0.39, 0.29) is 24.5 Å². The van der Waals surface area contributed by atoms with Crippen LogP contribution in [0.5, 0.6) is 11.5 Å². The van der Waals surface area contributed by atoms with Gasteiger partial charge in [0.15, 0.2) is 0 Å². The number of hydrogen-bond donors (Lipinski definition) is 1. The molecule has 0 aliphatic carbocycles. The van der Waals surface area contributed by atoms with Crippen LogP contribution in [0.1, 0.15) is 55.0 Å². The summed E-state index contributed by atoms with van der Waals surface area (Å²) in [6, 6.07) is 48.9. The van der Waals surface area contributed by atoms with Crippen molar-refractivity contribution >= 4 is 29.2 Å². The van der Waals surface area contributed by atoms with E-state index in [1.165, 1.54) is 11.4 Å². The highest BCUT2D eigenvalue weighted by molar-refractivity contribution is 5.96. The number of rotatable bonds is 13. The molecule has 0 atom stereocenters. The molecule has 3 aliphatic heterocycles. The summed E-state index contributed by atoms with van der Waals surface area (Å²) in [6.07, 6.45) is 1.46. The van der Waals surface area contributed by atoms with Gasteiger partial charge in [-0.1, -0.05) is 66.7 Å². The molecular weight excluding hydrogens is 815 g/mol. The summed E-state index contributed by atoms with van der Waals surface area (Å²) in [5.74, 6) is 1.16. The number of nitrogens with zero attached hydrogens (tertiary/aromatic N) is 4. The minimum atomic E-state index is -0.420. The smallest absolute Gasteiger partial charge is 0.338 e. The summed E-state index contributed by atoms with van der Waals surface area (Å²) in [5.41, 5.74) is 8.18. The number of benzene rings is 6. The summed E-state index contributed by atoms with van der Waals surface area (Å²) in [7, 11) is 0. The van der Waals surface area contributed by atoms with Crippen molar-refractivity contribution < 1.29 is 28.6 Å². The van der Waals surface area contributed by atoms with Crippen molar-refractivity contribution in [2.24, 2.45) is 0 Å². The Labute approximate surface area is 381 Å². The predicted molar refractivity (Wildman–Crippen MR) is 254 cm³/mol. The first-order valence-corrected chi connectivity index (χ1v) is 22.7. The number of nitrogens with one attached hydrogen (secondary N) is 1. The quantitative estimate of drug-likeness (QED) is 0.115. The normalized spacial score (nSPS) is 15.6. The Morgan fingerprint density at radius 1 is 0.477 bits per heavy atom. The van der Waals surface area contributed by atoms with Gasteiger partial charge in [0, 0.05) is 101 Å². The number of carbonyl (C=O) groups excluding carboxylic acids is 3. The first-order valence-electron chi connectivity index (χ1n) is 22.7. The minimum Gasteiger partial charge on any atom is -0.490 e. The van der Waals surface area contributed by atoms with E-state index in [9.17, 15) is 14.4 Å². The Morgan fingerprint density at radius 3 is 1.57 bits per heavy atom. The molecule has 6 aromatic rings. The van der Waals surface area contributed by atoms with Gasteiger partial charge in [-0.05, 0) is 107 Å². The largest absolute Gasteiger partial charge is 0.490 e. The molecule has 2 amide bonds. The van der Waals surface area contributed by atoms with E-state index < -0.39 is 5.97 Å². The van der Waals surface area contributed by atoms with Gasteiger partial charge in [0.05, 0.1) is 5.56 Å². The fraction of sp³-hybridized carbons (Fsp3) is 0.278. The molecule has 11 heteroatoms. The molecule has 0 bridgehead atoms. The Bertz CT molecular complexity index is 2490. The van der Waals surface area contributed by atoms with Gasteiger partial charge in [-0.15, -0.1) is 0 Å². The van der Waals surface area contributed by atoms with Gasteiger partial charge >= 0.3 is 5.97 Å². The van der Waals surface area contributed by atoms with E-state index in [0.717, 1.165) is 85.9 Å². The molecule has 3 aliphatic rings. The molecular formula is C54H55N5O6. The number of esters is 1. The summed E-state index contributed by atoms with van der Waals surface area (Å²) in [6.45, 7) is 8.94. The maximum atomic E-state index is 13.4. The molecule has 0 aromatic heterocycles. The third-order valence-corrected chi connectivity index (χ3v) is 12.5. The SMILES string of the molecule is O=C(OCc1ccccc1)c1ccc(C(=O)N2CCC(Oc3ccc(COc4ccc(-c5ccc(C(=O)N6CCN(c7ccc(N8CCNCC8)cc7)CC6)cc5)cc4)cc3)CC2)cc1. The highest BCUT2D eigenvalue weighted by atomic mass is 16.5. The van der Waals surface area contributed by atoms with Crippen molar-refractivity contribution in [3.63, 3.8) is 0 Å². The molecule has 0 spiro atoms. The number of piperidine rings is 1. The van der Waals surface area contributed by atoms with E-state index >= 15 is 0 Å². The molecule has 9 rings (SSSR count). The second-order valence-corrected chi connectivity index (χ2v) is 16.8. The van der Waals surface area contributed by atoms with Gasteiger partial charge in [-0.2, -0.15) is 0 Å². The third-order valence-electron chi connectivity index (χ3n) is 12.5. The fourth-order valence-electron chi connectivity index (χ4n) is 8.63. The Morgan fingerprint density at radius 2 is 0.969 bits per heavy atom. The first kappa shape index (κ1) is 43.2. The zero-order chi connectivity index (χ0) is 44.4. The van der Waals surface area contributed by atoms with Crippen LogP contribution < -0.4 is 24.6 Å². The average molecular weight is 870 g/mol. The van der Waals surface area contributed by atoms with Crippen molar-refractivity contribution in [2.75, 3.05) is 75.2 Å². The molecule has 1 N–H and O–H groups in total. The third kappa shape index (κ3) is 11.0. The number of ether oxygens (including phenoxy) is 3. The lowest BCUT2D eigenvalue weighted by Gasteiger charge is -2.36. The molecule has 3 heterocycles. The van der Waals surface area contributed by atoms with Crippen LogP contribution >= 0.6 is 0 Å². The van der Waals surface area contributed by atoms with Gasteiger partial charge in [0.1, 0.15) is 30.8 Å². The second-order valence-electron chi connectivity index (χ2n) is 16.8. The van der Waals surface area contributed by atoms with Crippen LogP contribution in [-0.2, 0) is 18.0 Å². The molecule has 0 unspecified atom stereocenters. The first-order chi connectivity index (χ1) is 31.9. The Hall–Kier alpha value is -7.11. The van der Waals surface area contributed by atoms with Crippen LogP contribution in [0.3, 0.4) is 0 Å². The average Bonchev–Trinajstić information content (AvgIpc) is 3.38. The highest BCUT2D eigenvalue weighted by Crippen LogP contribution is 2.27. The maximum Gasteiger partial charge on any atom is 0.338 e. The lowest BCUT2D eigenvalue weighted by atomic mass is 10.0. The van der Waals surface area contributed by atoms with Crippen molar-refractivity contribution in [3.05, 3.63) is 179 Å². The lowest BCUT2D eigenvalue weighted by molar-refractivity contribution is 0.0471. The van der Waals surface area contributed by atoms with Gasteiger partial charge in [0.25, 0.3) is 11.8 Å². The van der Waals surface area contributed by atoms with Crippen LogP contribution in [0.4, 0.5) is 11.4 Å². The Kier molecular flexibility index (Phi) is 13.7. The molecule has 6 aromatic carbocycles. The molecule has 3 fully saturated rings. The molecule has 0 saturated carbocycles. The van der Waals surface area contributed by atoms with Crippen molar-refractivity contribution in [1.29, 1.82) is 0 Å². The van der Waals surface area contributed by atoms with E-state index in [2.05, 4.69) is 39.4 Å². The van der Waals surface area contributed by atoms with Crippen LogP contribution in [-0.4, -0.2) is 99.1 Å². The van der Waals surface area contributed by atoms with Crippen molar-refractivity contribution in [3.8, 4) is 22.6 Å². The summed E-state index contributed by atoms with van der Waals surface area (Å²) in [4.78, 5) is 47.8. The Balaban J connectivity index is 0.680. The van der Waals surface area contributed by atoms with Gasteiger partial charge in [-0.3, -0.25) is 9.59 Å². The lowest BCUT2D eigenvalue weighted by Crippen LogP contribution is -2.48. The maximum absolute atomic E-state index is 13.4.